The Bertz CT molecular complexity index is 753. The zero-order chi connectivity index (χ0) is 39.2. The van der Waals surface area contributed by atoms with Crippen molar-refractivity contribution in [3.8, 4) is 0 Å². The van der Waals surface area contributed by atoms with Crippen molar-refractivity contribution in [2.75, 3.05) is 13.2 Å². The van der Waals surface area contributed by atoms with E-state index >= 15 is 0 Å². The standard InChI is InChI=1S/C50H96O4/c1-46(2)40-35-31-27-23-19-15-11-7-5-9-13-17-21-25-29-33-37-44-53-48(51)50(42-39-43-50)49(52)54-45-38-34-30-26-22-18-14-10-6-8-12-16-20-24-28-32-36-41-47(3)4/h46-47H,5-45H2,1-4H3. The molecule has 0 aromatic carbocycles. The van der Waals surface area contributed by atoms with E-state index in [1.807, 2.05) is 0 Å². The Morgan fingerprint density at radius 3 is 0.741 bits per heavy atom. The van der Waals surface area contributed by atoms with Gasteiger partial charge in [0, 0.05) is 0 Å². The summed E-state index contributed by atoms with van der Waals surface area (Å²) in [6, 6.07) is 0. The lowest BCUT2D eigenvalue weighted by Gasteiger charge is -2.36. The van der Waals surface area contributed by atoms with E-state index in [1.165, 1.54) is 205 Å². The van der Waals surface area contributed by atoms with Gasteiger partial charge in [0.1, 0.15) is 0 Å². The summed E-state index contributed by atoms with van der Waals surface area (Å²) in [6.07, 6.45) is 50.5. The third-order valence-electron chi connectivity index (χ3n) is 12.3. The molecule has 1 aliphatic carbocycles. The monoisotopic (exact) mass is 761 g/mol. The first-order valence-corrected chi connectivity index (χ1v) is 24.7. The maximum atomic E-state index is 12.9. The minimum atomic E-state index is -1.01. The van der Waals surface area contributed by atoms with Crippen LogP contribution in [0.2, 0.25) is 0 Å². The zero-order valence-corrected chi connectivity index (χ0v) is 37.3. The van der Waals surface area contributed by atoms with Crippen LogP contribution in [0.5, 0.6) is 0 Å². The molecule has 0 spiro atoms. The maximum absolute atomic E-state index is 12.9. The molecule has 0 aliphatic heterocycles. The average Bonchev–Trinajstić information content (AvgIpc) is 3.12. The van der Waals surface area contributed by atoms with Crippen molar-refractivity contribution in [3.63, 3.8) is 0 Å². The molecule has 0 radical (unpaired) electrons. The van der Waals surface area contributed by atoms with Crippen LogP contribution in [-0.2, 0) is 19.1 Å². The molecule has 54 heavy (non-hydrogen) atoms. The molecule has 0 heterocycles. The normalized spacial score (nSPS) is 13.8. The third-order valence-corrected chi connectivity index (χ3v) is 12.3. The Morgan fingerprint density at radius 1 is 0.352 bits per heavy atom. The molecule has 0 aromatic rings. The lowest BCUT2D eigenvalue weighted by molar-refractivity contribution is -0.179. The zero-order valence-electron chi connectivity index (χ0n) is 37.3. The van der Waals surface area contributed by atoms with Crippen LogP contribution in [0.3, 0.4) is 0 Å². The van der Waals surface area contributed by atoms with Crippen LogP contribution < -0.4 is 0 Å². The van der Waals surface area contributed by atoms with Crippen LogP contribution in [0.1, 0.15) is 278 Å². The van der Waals surface area contributed by atoms with E-state index in [4.69, 9.17) is 9.47 Å². The molecule has 320 valence electrons. The number of carbonyl (C=O) groups excluding carboxylic acids is 2. The molecule has 0 aromatic heterocycles. The summed E-state index contributed by atoms with van der Waals surface area (Å²) < 4.78 is 11.2. The van der Waals surface area contributed by atoms with Gasteiger partial charge in [0.25, 0.3) is 0 Å². The van der Waals surface area contributed by atoms with Crippen molar-refractivity contribution in [2.45, 2.75) is 278 Å². The molecule has 0 bridgehead atoms. The number of ether oxygens (including phenoxy) is 2. The first-order chi connectivity index (χ1) is 26.4. The number of unbranched alkanes of at least 4 members (excludes halogenated alkanes) is 32. The predicted molar refractivity (Wildman–Crippen MR) is 234 cm³/mol. The summed E-state index contributed by atoms with van der Waals surface area (Å²) in [4.78, 5) is 25.8. The summed E-state index contributed by atoms with van der Waals surface area (Å²) in [7, 11) is 0. The largest absolute Gasteiger partial charge is 0.465 e. The van der Waals surface area contributed by atoms with Gasteiger partial charge in [-0.15, -0.1) is 0 Å². The molecule has 1 saturated carbocycles. The Labute approximate surface area is 338 Å². The van der Waals surface area contributed by atoms with Crippen LogP contribution >= 0.6 is 0 Å². The molecular weight excluding hydrogens is 665 g/mol. The topological polar surface area (TPSA) is 52.6 Å². The highest BCUT2D eigenvalue weighted by atomic mass is 16.6. The highest BCUT2D eigenvalue weighted by Gasteiger charge is 2.53. The predicted octanol–water partition coefficient (Wildman–Crippen LogP) is 16.6. The second-order valence-corrected chi connectivity index (χ2v) is 18.6. The second kappa shape index (κ2) is 37.5. The van der Waals surface area contributed by atoms with Gasteiger partial charge in [0.2, 0.25) is 0 Å². The van der Waals surface area contributed by atoms with Crippen LogP contribution in [-0.4, -0.2) is 25.2 Å². The third kappa shape index (κ3) is 30.1. The first-order valence-electron chi connectivity index (χ1n) is 24.7. The lowest BCUT2D eigenvalue weighted by atomic mass is 9.69. The summed E-state index contributed by atoms with van der Waals surface area (Å²) >= 11 is 0. The fraction of sp³-hybridized carbons (Fsp3) is 0.960. The fourth-order valence-corrected chi connectivity index (χ4v) is 8.24. The average molecular weight is 761 g/mol. The minimum absolute atomic E-state index is 0.334. The number of carbonyl (C=O) groups is 2. The number of hydrogen-bond donors (Lipinski definition) is 0. The summed E-state index contributed by atoms with van der Waals surface area (Å²) in [5, 5.41) is 0. The van der Waals surface area contributed by atoms with Gasteiger partial charge in [-0.2, -0.15) is 0 Å². The van der Waals surface area contributed by atoms with Gasteiger partial charge in [0.15, 0.2) is 5.41 Å². The quantitative estimate of drug-likeness (QED) is 0.0353. The van der Waals surface area contributed by atoms with Gasteiger partial charge in [0.05, 0.1) is 13.2 Å². The SMILES string of the molecule is CC(C)CCCCCCCCCCCCCCCCCCCOC(=O)C1(C(=O)OCCCCCCCCCCCCCCCCCCCC(C)C)CCC1. The summed E-state index contributed by atoms with van der Waals surface area (Å²) in [6.45, 7) is 10.2. The van der Waals surface area contributed by atoms with E-state index in [2.05, 4.69) is 27.7 Å². The van der Waals surface area contributed by atoms with E-state index in [-0.39, 0.29) is 11.9 Å². The van der Waals surface area contributed by atoms with Crippen molar-refractivity contribution < 1.29 is 19.1 Å². The van der Waals surface area contributed by atoms with Gasteiger partial charge in [-0.1, -0.05) is 246 Å². The van der Waals surface area contributed by atoms with E-state index in [9.17, 15) is 9.59 Å². The Hall–Kier alpha value is -1.06. The summed E-state index contributed by atoms with van der Waals surface area (Å²) in [5.74, 6) is 1.07. The van der Waals surface area contributed by atoms with Crippen LogP contribution in [0, 0.1) is 17.3 Å². The van der Waals surface area contributed by atoms with Gasteiger partial charge < -0.3 is 9.47 Å². The number of rotatable bonds is 42. The van der Waals surface area contributed by atoms with Gasteiger partial charge in [-0.25, -0.2) is 0 Å². The molecule has 0 unspecified atom stereocenters. The molecule has 4 nitrogen and oxygen atoms in total. The molecule has 0 saturated heterocycles. The molecule has 0 amide bonds. The van der Waals surface area contributed by atoms with E-state index < -0.39 is 5.41 Å². The van der Waals surface area contributed by atoms with Crippen molar-refractivity contribution >= 4 is 11.9 Å². The lowest BCUT2D eigenvalue weighted by Crippen LogP contribution is -2.47. The Balaban J connectivity index is 1.85. The Morgan fingerprint density at radius 2 is 0.556 bits per heavy atom. The van der Waals surface area contributed by atoms with Gasteiger partial charge in [-0.05, 0) is 43.9 Å². The second-order valence-electron chi connectivity index (χ2n) is 18.6. The summed E-state index contributed by atoms with van der Waals surface area (Å²) in [5.41, 5.74) is -1.01. The van der Waals surface area contributed by atoms with E-state index in [0.29, 0.717) is 26.1 Å². The van der Waals surface area contributed by atoms with Gasteiger partial charge in [-0.3, -0.25) is 9.59 Å². The Kier molecular flexibility index (Phi) is 35.4. The van der Waals surface area contributed by atoms with Gasteiger partial charge >= 0.3 is 11.9 Å². The highest BCUT2D eigenvalue weighted by molar-refractivity contribution is 6.01. The molecule has 0 N–H and O–H groups in total. The molecule has 1 rings (SSSR count). The van der Waals surface area contributed by atoms with E-state index in [0.717, 1.165) is 43.9 Å². The van der Waals surface area contributed by atoms with Crippen molar-refractivity contribution in [3.05, 3.63) is 0 Å². The minimum Gasteiger partial charge on any atom is -0.465 e. The number of esters is 2. The fourth-order valence-electron chi connectivity index (χ4n) is 8.24. The molecule has 1 aliphatic rings. The highest BCUT2D eigenvalue weighted by Crippen LogP contribution is 2.43. The first kappa shape index (κ1) is 51.0. The van der Waals surface area contributed by atoms with Crippen molar-refractivity contribution in [2.24, 2.45) is 17.3 Å². The smallest absolute Gasteiger partial charge is 0.323 e. The van der Waals surface area contributed by atoms with Crippen molar-refractivity contribution in [1.29, 1.82) is 0 Å². The van der Waals surface area contributed by atoms with Crippen LogP contribution in [0.4, 0.5) is 0 Å². The molecular formula is C50H96O4. The molecule has 0 atom stereocenters. The van der Waals surface area contributed by atoms with Crippen molar-refractivity contribution in [1.82, 2.24) is 0 Å². The van der Waals surface area contributed by atoms with Crippen LogP contribution in [0.25, 0.3) is 0 Å². The maximum Gasteiger partial charge on any atom is 0.323 e. The number of hydrogen-bond acceptors (Lipinski definition) is 4. The molecule has 4 heteroatoms. The molecule has 1 fully saturated rings. The van der Waals surface area contributed by atoms with Crippen LogP contribution in [0.15, 0.2) is 0 Å². The van der Waals surface area contributed by atoms with E-state index in [1.54, 1.807) is 0 Å².